The summed E-state index contributed by atoms with van der Waals surface area (Å²) in [6.45, 7) is 1.85. The Balaban J connectivity index is 1.96. The van der Waals surface area contributed by atoms with Crippen LogP contribution in [0.15, 0.2) is 64.2 Å². The minimum atomic E-state index is -3.70. The van der Waals surface area contributed by atoms with E-state index in [4.69, 9.17) is 0 Å². The molecule has 3 rings (SSSR count). The van der Waals surface area contributed by atoms with Crippen LogP contribution in [0.1, 0.15) is 5.56 Å². The molecule has 6 heteroatoms. The normalized spacial score (nSPS) is 11.3. The summed E-state index contributed by atoms with van der Waals surface area (Å²) in [4.78, 5) is 0.107. The van der Waals surface area contributed by atoms with Crippen LogP contribution in [0.4, 0.5) is 5.69 Å². The molecule has 0 radical (unpaired) electrons. The summed E-state index contributed by atoms with van der Waals surface area (Å²) in [5.74, 6) is 0.0274. The molecule has 2 aromatic carbocycles. The number of aromatic hydroxyl groups is 1. The number of aryl methyl sites for hydroxylation is 1. The molecule has 2 N–H and O–H groups in total. The monoisotopic (exact) mass is 345 g/mol. The van der Waals surface area contributed by atoms with Crippen molar-refractivity contribution in [1.82, 2.24) is 0 Å². The molecule has 0 unspecified atom stereocenters. The van der Waals surface area contributed by atoms with Gasteiger partial charge in [-0.25, -0.2) is 8.42 Å². The third-order valence-electron chi connectivity index (χ3n) is 3.48. The number of anilines is 1. The number of hydrogen-bond acceptors (Lipinski definition) is 4. The highest BCUT2D eigenvalue weighted by Gasteiger charge is 2.15. The van der Waals surface area contributed by atoms with Crippen molar-refractivity contribution >= 4 is 27.0 Å². The standard InChI is InChI=1S/C17H15NO3S2/c1-12-2-3-13(14-8-9-22-11-14)10-17(12)18-23(20,21)16-6-4-15(19)5-7-16/h2-11,18-19H,1H3. The van der Waals surface area contributed by atoms with Crippen LogP contribution >= 0.6 is 11.3 Å². The molecule has 0 spiro atoms. The molecule has 118 valence electrons. The van der Waals surface area contributed by atoms with Crippen molar-refractivity contribution in [2.75, 3.05) is 4.72 Å². The molecule has 0 bridgehead atoms. The summed E-state index contributed by atoms with van der Waals surface area (Å²) in [6, 6.07) is 13.1. The summed E-state index contributed by atoms with van der Waals surface area (Å²) in [5, 5.41) is 13.3. The summed E-state index contributed by atoms with van der Waals surface area (Å²) >= 11 is 1.59. The first-order valence-corrected chi connectivity index (χ1v) is 9.33. The summed E-state index contributed by atoms with van der Waals surface area (Å²) < 4.78 is 27.6. The molecule has 1 aromatic heterocycles. The van der Waals surface area contributed by atoms with E-state index < -0.39 is 10.0 Å². The maximum absolute atomic E-state index is 12.5. The molecule has 0 aliphatic rings. The third kappa shape index (κ3) is 3.38. The van der Waals surface area contributed by atoms with Crippen molar-refractivity contribution < 1.29 is 13.5 Å². The smallest absolute Gasteiger partial charge is 0.261 e. The number of benzene rings is 2. The van der Waals surface area contributed by atoms with Crippen LogP contribution in [-0.4, -0.2) is 13.5 Å². The lowest BCUT2D eigenvalue weighted by atomic mass is 10.1. The number of nitrogens with one attached hydrogen (secondary N) is 1. The van der Waals surface area contributed by atoms with Crippen molar-refractivity contribution in [2.24, 2.45) is 0 Å². The lowest BCUT2D eigenvalue weighted by molar-refractivity contribution is 0.475. The Morgan fingerprint density at radius 3 is 2.39 bits per heavy atom. The molecule has 0 aliphatic carbocycles. The fraction of sp³-hybridized carbons (Fsp3) is 0.0588. The third-order valence-corrected chi connectivity index (χ3v) is 5.55. The van der Waals surface area contributed by atoms with Gasteiger partial charge in [0.05, 0.1) is 10.6 Å². The van der Waals surface area contributed by atoms with E-state index in [-0.39, 0.29) is 10.6 Å². The van der Waals surface area contributed by atoms with Crippen LogP contribution in [0, 0.1) is 6.92 Å². The summed E-state index contributed by atoms with van der Waals surface area (Å²) in [6.07, 6.45) is 0. The highest BCUT2D eigenvalue weighted by atomic mass is 32.2. The van der Waals surface area contributed by atoms with E-state index in [0.29, 0.717) is 5.69 Å². The molecule has 4 nitrogen and oxygen atoms in total. The van der Waals surface area contributed by atoms with Gasteiger partial charge in [0.1, 0.15) is 5.75 Å². The lowest BCUT2D eigenvalue weighted by Crippen LogP contribution is -2.13. The van der Waals surface area contributed by atoms with Crippen LogP contribution in [0.5, 0.6) is 5.75 Å². The van der Waals surface area contributed by atoms with Crippen molar-refractivity contribution in [2.45, 2.75) is 11.8 Å². The number of thiophene rings is 1. The number of rotatable bonds is 4. The van der Waals surface area contributed by atoms with E-state index in [0.717, 1.165) is 16.7 Å². The average molecular weight is 345 g/mol. The van der Waals surface area contributed by atoms with Gasteiger partial charge >= 0.3 is 0 Å². The van der Waals surface area contributed by atoms with E-state index in [1.54, 1.807) is 11.3 Å². The lowest BCUT2D eigenvalue weighted by Gasteiger charge is -2.12. The zero-order valence-electron chi connectivity index (χ0n) is 12.4. The first-order chi connectivity index (χ1) is 11.0. The molecular formula is C17H15NO3S2. The topological polar surface area (TPSA) is 66.4 Å². The van der Waals surface area contributed by atoms with Crippen molar-refractivity contribution in [1.29, 1.82) is 0 Å². The zero-order valence-corrected chi connectivity index (χ0v) is 14.0. The van der Waals surface area contributed by atoms with E-state index in [1.165, 1.54) is 24.3 Å². The number of phenols is 1. The Kier molecular flexibility index (Phi) is 4.11. The first kappa shape index (κ1) is 15.6. The molecular weight excluding hydrogens is 330 g/mol. The Morgan fingerprint density at radius 1 is 1.00 bits per heavy atom. The molecule has 0 aliphatic heterocycles. The highest BCUT2D eigenvalue weighted by Crippen LogP contribution is 2.28. The van der Waals surface area contributed by atoms with E-state index >= 15 is 0 Å². The fourth-order valence-electron chi connectivity index (χ4n) is 2.17. The number of hydrogen-bond donors (Lipinski definition) is 2. The summed E-state index contributed by atoms with van der Waals surface area (Å²) in [5.41, 5.74) is 3.40. The predicted octanol–water partition coefficient (Wildman–Crippen LogP) is 4.23. The highest BCUT2D eigenvalue weighted by molar-refractivity contribution is 7.92. The van der Waals surface area contributed by atoms with Crippen molar-refractivity contribution in [3.05, 3.63) is 64.9 Å². The Morgan fingerprint density at radius 2 is 1.74 bits per heavy atom. The van der Waals surface area contributed by atoms with Crippen molar-refractivity contribution in [3.63, 3.8) is 0 Å². The van der Waals surface area contributed by atoms with E-state index in [1.807, 2.05) is 41.9 Å². The minimum Gasteiger partial charge on any atom is -0.508 e. The molecule has 0 atom stereocenters. The average Bonchev–Trinajstić information content (AvgIpc) is 3.04. The maximum Gasteiger partial charge on any atom is 0.261 e. The van der Waals surface area contributed by atoms with Crippen molar-refractivity contribution in [3.8, 4) is 16.9 Å². The van der Waals surface area contributed by atoms with Crippen LogP contribution in [0.25, 0.3) is 11.1 Å². The van der Waals surface area contributed by atoms with E-state index in [9.17, 15) is 13.5 Å². The molecule has 3 aromatic rings. The van der Waals surface area contributed by atoms with E-state index in [2.05, 4.69) is 4.72 Å². The van der Waals surface area contributed by atoms with Crippen LogP contribution in [0.3, 0.4) is 0 Å². The molecule has 23 heavy (non-hydrogen) atoms. The molecule has 0 amide bonds. The van der Waals surface area contributed by atoms with Crippen LogP contribution in [-0.2, 0) is 10.0 Å². The number of sulfonamides is 1. The van der Waals surface area contributed by atoms with Gasteiger partial charge in [0.15, 0.2) is 0 Å². The van der Waals surface area contributed by atoms with Gasteiger partial charge in [-0.15, -0.1) is 0 Å². The second kappa shape index (κ2) is 6.06. The zero-order chi connectivity index (χ0) is 16.4. The van der Waals surface area contributed by atoms with Gasteiger partial charge in [0, 0.05) is 0 Å². The largest absolute Gasteiger partial charge is 0.508 e. The maximum atomic E-state index is 12.5. The quantitative estimate of drug-likeness (QED) is 0.743. The minimum absolute atomic E-state index is 0.0274. The SMILES string of the molecule is Cc1ccc(-c2ccsc2)cc1NS(=O)(=O)c1ccc(O)cc1. The fourth-order valence-corrected chi connectivity index (χ4v) is 3.96. The van der Waals surface area contributed by atoms with Gasteiger partial charge in [-0.05, 0) is 70.8 Å². The van der Waals surface area contributed by atoms with Gasteiger partial charge in [-0.2, -0.15) is 11.3 Å². The van der Waals surface area contributed by atoms with Crippen LogP contribution in [0.2, 0.25) is 0 Å². The van der Waals surface area contributed by atoms with Gasteiger partial charge in [-0.3, -0.25) is 4.72 Å². The molecule has 0 saturated heterocycles. The Hall–Kier alpha value is -2.31. The molecule has 0 saturated carbocycles. The Labute approximate surface area is 139 Å². The van der Waals surface area contributed by atoms with Gasteiger partial charge in [0.25, 0.3) is 10.0 Å². The predicted molar refractivity (Wildman–Crippen MR) is 93.4 cm³/mol. The van der Waals surface area contributed by atoms with Gasteiger partial charge < -0.3 is 5.11 Å². The number of phenolic OH excluding ortho intramolecular Hbond substituents is 1. The van der Waals surface area contributed by atoms with Gasteiger partial charge in [0.2, 0.25) is 0 Å². The molecule has 1 heterocycles. The summed E-state index contributed by atoms with van der Waals surface area (Å²) in [7, 11) is -3.70. The Bertz CT molecular complexity index is 915. The molecule has 0 fully saturated rings. The second-order valence-corrected chi connectivity index (χ2v) is 7.60. The second-order valence-electron chi connectivity index (χ2n) is 5.14. The first-order valence-electron chi connectivity index (χ1n) is 6.91. The van der Waals surface area contributed by atoms with Crippen LogP contribution < -0.4 is 4.72 Å². The van der Waals surface area contributed by atoms with Gasteiger partial charge in [-0.1, -0.05) is 12.1 Å².